The maximum absolute atomic E-state index is 5.68. The lowest BCUT2D eigenvalue weighted by molar-refractivity contribution is 0.206. The second kappa shape index (κ2) is 10.2. The Morgan fingerprint density at radius 1 is 1.25 bits per heavy atom. The molecule has 1 fully saturated rings. The fraction of sp³-hybridized carbons (Fsp3) is 0.632. The Morgan fingerprint density at radius 3 is 2.67 bits per heavy atom. The normalized spacial score (nSPS) is 16.9. The highest BCUT2D eigenvalue weighted by Gasteiger charge is 2.19. The molecule has 0 unspecified atom stereocenters. The van der Waals surface area contributed by atoms with E-state index in [2.05, 4.69) is 33.5 Å². The van der Waals surface area contributed by atoms with Crippen LogP contribution in [-0.4, -0.2) is 50.2 Å². The first-order valence-corrected chi connectivity index (χ1v) is 9.17. The summed E-state index contributed by atoms with van der Waals surface area (Å²) in [4.78, 5) is 6.92. The molecule has 0 aromatic heterocycles. The van der Waals surface area contributed by atoms with E-state index in [0.717, 1.165) is 17.3 Å². The Balaban J connectivity index is 1.81. The van der Waals surface area contributed by atoms with Crippen molar-refractivity contribution in [3.63, 3.8) is 0 Å². The summed E-state index contributed by atoms with van der Waals surface area (Å²) in [7, 11) is 1.83. The van der Waals surface area contributed by atoms with Gasteiger partial charge in [0.05, 0.1) is 6.61 Å². The molecule has 0 atom stereocenters. The van der Waals surface area contributed by atoms with Crippen LogP contribution in [0.2, 0.25) is 0 Å². The number of para-hydroxylation sites is 1. The van der Waals surface area contributed by atoms with Crippen LogP contribution in [-0.2, 0) is 6.54 Å². The van der Waals surface area contributed by atoms with Gasteiger partial charge in [-0.1, -0.05) is 25.1 Å². The molecular formula is C19H32N4O. The maximum Gasteiger partial charge on any atom is 0.191 e. The zero-order valence-corrected chi connectivity index (χ0v) is 15.3. The highest BCUT2D eigenvalue weighted by atomic mass is 16.5. The number of ether oxygens (including phenoxy) is 1. The zero-order valence-electron chi connectivity index (χ0n) is 15.3. The highest BCUT2D eigenvalue weighted by molar-refractivity contribution is 5.80. The third-order valence-electron chi connectivity index (χ3n) is 4.41. The van der Waals surface area contributed by atoms with Crippen molar-refractivity contribution >= 4 is 5.96 Å². The second-order valence-corrected chi connectivity index (χ2v) is 6.23. The molecule has 0 spiro atoms. The van der Waals surface area contributed by atoms with Gasteiger partial charge in [-0.3, -0.25) is 4.99 Å². The van der Waals surface area contributed by atoms with Crippen LogP contribution >= 0.6 is 0 Å². The monoisotopic (exact) mass is 332 g/mol. The van der Waals surface area contributed by atoms with E-state index in [1.165, 1.54) is 38.9 Å². The molecule has 1 aliphatic rings. The Labute approximate surface area is 146 Å². The molecule has 0 amide bonds. The number of nitrogens with one attached hydrogen (secondary N) is 2. The van der Waals surface area contributed by atoms with E-state index in [9.17, 15) is 0 Å². The van der Waals surface area contributed by atoms with Crippen molar-refractivity contribution in [3.05, 3.63) is 29.8 Å². The van der Waals surface area contributed by atoms with Crippen molar-refractivity contribution in [1.82, 2.24) is 15.5 Å². The van der Waals surface area contributed by atoms with Gasteiger partial charge in [-0.2, -0.15) is 0 Å². The average molecular weight is 332 g/mol. The van der Waals surface area contributed by atoms with Gasteiger partial charge in [0, 0.05) is 38.3 Å². The first-order valence-electron chi connectivity index (χ1n) is 9.17. The molecule has 0 radical (unpaired) electrons. The topological polar surface area (TPSA) is 48.9 Å². The molecule has 1 aromatic carbocycles. The first kappa shape index (κ1) is 18.6. The predicted octanol–water partition coefficient (Wildman–Crippen LogP) is 2.62. The fourth-order valence-corrected chi connectivity index (χ4v) is 3.13. The number of benzene rings is 1. The minimum Gasteiger partial charge on any atom is -0.494 e. The summed E-state index contributed by atoms with van der Waals surface area (Å²) >= 11 is 0. The van der Waals surface area contributed by atoms with Crippen LogP contribution in [0.5, 0.6) is 5.75 Å². The van der Waals surface area contributed by atoms with Crippen molar-refractivity contribution in [1.29, 1.82) is 0 Å². The minimum atomic E-state index is 0.506. The summed E-state index contributed by atoms with van der Waals surface area (Å²) in [6, 6.07) is 8.66. The van der Waals surface area contributed by atoms with Crippen LogP contribution in [0.1, 0.15) is 38.7 Å². The van der Waals surface area contributed by atoms with Gasteiger partial charge in [-0.15, -0.1) is 0 Å². The summed E-state index contributed by atoms with van der Waals surface area (Å²) in [5.41, 5.74) is 1.15. The van der Waals surface area contributed by atoms with Gasteiger partial charge in [0.2, 0.25) is 0 Å². The van der Waals surface area contributed by atoms with Gasteiger partial charge in [-0.25, -0.2) is 0 Å². The molecule has 2 N–H and O–H groups in total. The fourth-order valence-electron chi connectivity index (χ4n) is 3.13. The Kier molecular flexibility index (Phi) is 7.89. The van der Waals surface area contributed by atoms with Gasteiger partial charge in [0.15, 0.2) is 5.96 Å². The smallest absolute Gasteiger partial charge is 0.191 e. The molecule has 0 bridgehead atoms. The standard InChI is InChI=1S/C19H32N4O/c1-4-12-23-13-10-17(11-14-23)22-19(20-3)21-15-16-8-6-7-9-18(16)24-5-2/h6-9,17H,4-5,10-15H2,1-3H3,(H2,20,21,22). The number of hydrogen-bond acceptors (Lipinski definition) is 3. The van der Waals surface area contributed by atoms with E-state index in [1.807, 2.05) is 32.2 Å². The van der Waals surface area contributed by atoms with Crippen molar-refractivity contribution in [2.24, 2.45) is 4.99 Å². The lowest BCUT2D eigenvalue weighted by Gasteiger charge is -2.32. The molecule has 2 rings (SSSR count). The lowest BCUT2D eigenvalue weighted by Crippen LogP contribution is -2.48. The van der Waals surface area contributed by atoms with E-state index in [4.69, 9.17) is 4.74 Å². The molecule has 1 aromatic rings. The Hall–Kier alpha value is -1.75. The number of guanidine groups is 1. The van der Waals surface area contributed by atoms with Crippen LogP contribution in [0.3, 0.4) is 0 Å². The molecule has 1 aliphatic heterocycles. The molecule has 1 heterocycles. The van der Waals surface area contributed by atoms with Crippen molar-refractivity contribution in [3.8, 4) is 5.75 Å². The van der Waals surface area contributed by atoms with Crippen LogP contribution in [0.15, 0.2) is 29.3 Å². The molecule has 0 aliphatic carbocycles. The van der Waals surface area contributed by atoms with E-state index >= 15 is 0 Å². The van der Waals surface area contributed by atoms with Gasteiger partial charge in [0.1, 0.15) is 5.75 Å². The summed E-state index contributed by atoms with van der Waals surface area (Å²) in [6.07, 6.45) is 3.59. The number of hydrogen-bond donors (Lipinski definition) is 2. The molecule has 1 saturated heterocycles. The third kappa shape index (κ3) is 5.71. The molecule has 24 heavy (non-hydrogen) atoms. The van der Waals surface area contributed by atoms with E-state index in [-0.39, 0.29) is 0 Å². The van der Waals surface area contributed by atoms with Crippen molar-refractivity contribution in [2.75, 3.05) is 33.3 Å². The Morgan fingerprint density at radius 2 is 2.00 bits per heavy atom. The largest absolute Gasteiger partial charge is 0.494 e. The number of rotatable bonds is 7. The predicted molar refractivity (Wildman–Crippen MR) is 101 cm³/mol. The quantitative estimate of drug-likeness (QED) is 0.595. The van der Waals surface area contributed by atoms with Gasteiger partial charge in [-0.05, 0) is 38.8 Å². The summed E-state index contributed by atoms with van der Waals surface area (Å²) in [6.45, 7) is 9.22. The van der Waals surface area contributed by atoms with Crippen LogP contribution in [0.4, 0.5) is 0 Å². The Bertz CT molecular complexity index is 510. The minimum absolute atomic E-state index is 0.506. The average Bonchev–Trinajstić information content (AvgIpc) is 2.61. The molecule has 5 heteroatoms. The second-order valence-electron chi connectivity index (χ2n) is 6.23. The number of aliphatic imine (C=N–C) groups is 1. The van der Waals surface area contributed by atoms with Crippen molar-refractivity contribution in [2.45, 2.75) is 45.7 Å². The molecule has 0 saturated carbocycles. The summed E-state index contributed by atoms with van der Waals surface area (Å²) < 4.78 is 5.68. The SMILES string of the molecule is CCCN1CCC(NC(=NC)NCc2ccccc2OCC)CC1. The molecular weight excluding hydrogens is 300 g/mol. The maximum atomic E-state index is 5.68. The van der Waals surface area contributed by atoms with Crippen LogP contribution in [0.25, 0.3) is 0 Å². The zero-order chi connectivity index (χ0) is 17.2. The molecule has 134 valence electrons. The summed E-state index contributed by atoms with van der Waals surface area (Å²) in [5.74, 6) is 1.81. The summed E-state index contributed by atoms with van der Waals surface area (Å²) in [5, 5.41) is 6.97. The number of piperidine rings is 1. The number of likely N-dealkylation sites (tertiary alicyclic amines) is 1. The lowest BCUT2D eigenvalue weighted by atomic mass is 10.1. The third-order valence-corrected chi connectivity index (χ3v) is 4.41. The van der Waals surface area contributed by atoms with E-state index < -0.39 is 0 Å². The van der Waals surface area contributed by atoms with E-state index in [0.29, 0.717) is 19.2 Å². The van der Waals surface area contributed by atoms with Crippen molar-refractivity contribution < 1.29 is 4.74 Å². The van der Waals surface area contributed by atoms with Gasteiger partial charge < -0.3 is 20.3 Å². The molecule has 5 nitrogen and oxygen atoms in total. The first-order chi connectivity index (χ1) is 11.8. The van der Waals surface area contributed by atoms with E-state index in [1.54, 1.807) is 0 Å². The highest BCUT2D eigenvalue weighted by Crippen LogP contribution is 2.17. The van der Waals surface area contributed by atoms with Crippen LogP contribution < -0.4 is 15.4 Å². The number of nitrogens with zero attached hydrogens (tertiary/aromatic N) is 2. The van der Waals surface area contributed by atoms with Crippen LogP contribution in [0, 0.1) is 0 Å². The van der Waals surface area contributed by atoms with Gasteiger partial charge in [0.25, 0.3) is 0 Å². The van der Waals surface area contributed by atoms with Gasteiger partial charge >= 0.3 is 0 Å².